The molecule has 1 N–H and O–H groups in total. The van der Waals surface area contributed by atoms with E-state index in [1.807, 2.05) is 26.0 Å². The maximum atomic E-state index is 13.2. The number of anilines is 1. The lowest BCUT2D eigenvalue weighted by Crippen LogP contribution is -2.54. The molecular formula is C23H17N3O5S. The predicted octanol–water partition coefficient (Wildman–Crippen LogP) is 4.30. The standard InChI is InChI=1S/C23H17N3O5S/c1-13-6-8-19(14(2)10-13)25-22(28)18(21(27)24-23(25)32)12-17-7-9-20(31-17)15-4-3-5-16(11-15)26(29)30/h3-12H,1-2H3,(H,24,27,32)/b18-12+. The molecule has 1 fully saturated rings. The highest BCUT2D eigenvalue weighted by Crippen LogP contribution is 2.29. The lowest BCUT2D eigenvalue weighted by molar-refractivity contribution is -0.384. The molecule has 32 heavy (non-hydrogen) atoms. The van der Waals surface area contributed by atoms with E-state index in [-0.39, 0.29) is 22.1 Å². The Hall–Kier alpha value is -4.11. The van der Waals surface area contributed by atoms with Crippen molar-refractivity contribution in [1.29, 1.82) is 0 Å². The van der Waals surface area contributed by atoms with Gasteiger partial charge in [0, 0.05) is 17.7 Å². The Balaban J connectivity index is 1.68. The monoisotopic (exact) mass is 447 g/mol. The molecule has 1 aliphatic heterocycles. The fourth-order valence-corrected chi connectivity index (χ4v) is 3.71. The highest BCUT2D eigenvalue weighted by atomic mass is 32.1. The smallest absolute Gasteiger partial charge is 0.270 e. The fourth-order valence-electron chi connectivity index (χ4n) is 3.43. The molecule has 0 saturated carbocycles. The van der Waals surface area contributed by atoms with Crippen LogP contribution in [-0.2, 0) is 9.59 Å². The summed E-state index contributed by atoms with van der Waals surface area (Å²) in [6.07, 6.45) is 1.33. The molecule has 160 valence electrons. The van der Waals surface area contributed by atoms with Crippen LogP contribution in [0.4, 0.5) is 11.4 Å². The summed E-state index contributed by atoms with van der Waals surface area (Å²) in [5.74, 6) is -0.585. The Kier molecular flexibility index (Phi) is 5.41. The van der Waals surface area contributed by atoms with Crippen LogP contribution >= 0.6 is 12.2 Å². The minimum atomic E-state index is -0.630. The molecule has 0 unspecified atom stereocenters. The summed E-state index contributed by atoms with van der Waals surface area (Å²) in [6.45, 7) is 3.80. The SMILES string of the molecule is Cc1ccc(N2C(=O)/C(=C/c3ccc(-c4cccc([N+](=O)[O-])c4)o3)C(=O)NC2=S)c(C)c1. The lowest BCUT2D eigenvalue weighted by atomic mass is 10.1. The first-order chi connectivity index (χ1) is 15.2. The maximum absolute atomic E-state index is 13.2. The summed E-state index contributed by atoms with van der Waals surface area (Å²) in [5.41, 5.74) is 2.74. The van der Waals surface area contributed by atoms with Crippen molar-refractivity contribution >= 4 is 46.6 Å². The number of furan rings is 1. The number of amides is 2. The Morgan fingerprint density at radius 2 is 1.88 bits per heavy atom. The van der Waals surface area contributed by atoms with Crippen molar-refractivity contribution in [3.05, 3.63) is 87.2 Å². The molecule has 0 aliphatic carbocycles. The zero-order valence-corrected chi connectivity index (χ0v) is 17.9. The zero-order chi connectivity index (χ0) is 23.0. The highest BCUT2D eigenvalue weighted by Gasteiger charge is 2.35. The number of thiocarbonyl (C=S) groups is 1. The van der Waals surface area contributed by atoms with Gasteiger partial charge in [-0.25, -0.2) is 0 Å². The molecule has 0 radical (unpaired) electrons. The summed E-state index contributed by atoms with van der Waals surface area (Å²) >= 11 is 5.24. The second-order valence-corrected chi connectivity index (χ2v) is 7.64. The lowest BCUT2D eigenvalue weighted by Gasteiger charge is -2.30. The van der Waals surface area contributed by atoms with E-state index in [4.69, 9.17) is 16.6 Å². The number of hydrogen-bond acceptors (Lipinski definition) is 6. The van der Waals surface area contributed by atoms with Gasteiger partial charge in [0.25, 0.3) is 17.5 Å². The number of aryl methyl sites for hydroxylation is 2. The van der Waals surface area contributed by atoms with E-state index < -0.39 is 16.7 Å². The first-order valence-corrected chi connectivity index (χ1v) is 9.99. The van der Waals surface area contributed by atoms with E-state index >= 15 is 0 Å². The molecule has 2 amide bonds. The Labute approximate surface area is 188 Å². The summed E-state index contributed by atoms with van der Waals surface area (Å²) in [4.78, 5) is 37.5. The van der Waals surface area contributed by atoms with E-state index in [1.54, 1.807) is 30.3 Å². The molecule has 0 spiro atoms. The molecule has 1 aliphatic rings. The minimum Gasteiger partial charge on any atom is -0.457 e. The maximum Gasteiger partial charge on any atom is 0.270 e. The van der Waals surface area contributed by atoms with E-state index in [1.165, 1.54) is 23.1 Å². The van der Waals surface area contributed by atoms with Gasteiger partial charge >= 0.3 is 0 Å². The molecule has 2 heterocycles. The Morgan fingerprint density at radius 3 is 2.59 bits per heavy atom. The van der Waals surface area contributed by atoms with Gasteiger partial charge < -0.3 is 4.42 Å². The van der Waals surface area contributed by atoms with Crippen molar-refractivity contribution in [2.24, 2.45) is 0 Å². The normalized spacial score (nSPS) is 15.2. The van der Waals surface area contributed by atoms with Crippen molar-refractivity contribution < 1.29 is 18.9 Å². The van der Waals surface area contributed by atoms with E-state index in [0.29, 0.717) is 17.0 Å². The number of non-ortho nitro benzene ring substituents is 1. The van der Waals surface area contributed by atoms with E-state index in [2.05, 4.69) is 5.32 Å². The number of nitrogens with one attached hydrogen (secondary N) is 1. The van der Waals surface area contributed by atoms with Crippen molar-refractivity contribution in [3.63, 3.8) is 0 Å². The zero-order valence-electron chi connectivity index (χ0n) is 17.1. The minimum absolute atomic E-state index is 0.000770. The van der Waals surface area contributed by atoms with Crippen molar-refractivity contribution in [2.75, 3.05) is 4.90 Å². The van der Waals surface area contributed by atoms with Crippen molar-refractivity contribution in [3.8, 4) is 11.3 Å². The van der Waals surface area contributed by atoms with Gasteiger partial charge in [-0.15, -0.1) is 0 Å². The van der Waals surface area contributed by atoms with Gasteiger partial charge in [-0.05, 0) is 55.9 Å². The average molecular weight is 447 g/mol. The number of nitro benzene ring substituents is 1. The van der Waals surface area contributed by atoms with Crippen LogP contribution in [0.1, 0.15) is 16.9 Å². The number of rotatable bonds is 4. The quantitative estimate of drug-likeness (QED) is 0.210. The number of carbonyl (C=O) groups is 2. The van der Waals surface area contributed by atoms with Crippen LogP contribution in [0.2, 0.25) is 0 Å². The molecule has 0 bridgehead atoms. The molecular weight excluding hydrogens is 430 g/mol. The number of hydrogen-bond donors (Lipinski definition) is 1. The van der Waals surface area contributed by atoms with Crippen LogP contribution in [0.25, 0.3) is 17.4 Å². The Bertz CT molecular complexity index is 1320. The van der Waals surface area contributed by atoms with E-state index in [9.17, 15) is 19.7 Å². The van der Waals surface area contributed by atoms with Crippen LogP contribution in [0.5, 0.6) is 0 Å². The van der Waals surface area contributed by atoms with Crippen molar-refractivity contribution in [2.45, 2.75) is 13.8 Å². The fraction of sp³-hybridized carbons (Fsp3) is 0.0870. The summed E-state index contributed by atoms with van der Waals surface area (Å²) in [6, 6.07) is 14.7. The molecule has 0 atom stereocenters. The summed E-state index contributed by atoms with van der Waals surface area (Å²) < 4.78 is 5.73. The van der Waals surface area contributed by atoms with Gasteiger partial charge in [-0.2, -0.15) is 0 Å². The third-order valence-electron chi connectivity index (χ3n) is 4.95. The van der Waals surface area contributed by atoms with E-state index in [0.717, 1.165) is 11.1 Å². The van der Waals surface area contributed by atoms with Crippen LogP contribution in [0.15, 0.2) is 64.6 Å². The molecule has 8 nitrogen and oxygen atoms in total. The second-order valence-electron chi connectivity index (χ2n) is 7.26. The number of carbonyl (C=O) groups excluding carboxylic acids is 2. The summed E-state index contributed by atoms with van der Waals surface area (Å²) in [5, 5.41) is 13.6. The molecule has 9 heteroatoms. The third-order valence-corrected chi connectivity index (χ3v) is 5.23. The van der Waals surface area contributed by atoms with Gasteiger partial charge in [0.2, 0.25) is 0 Å². The number of benzene rings is 2. The molecule has 4 rings (SSSR count). The highest BCUT2D eigenvalue weighted by molar-refractivity contribution is 7.80. The van der Waals surface area contributed by atoms with Crippen LogP contribution in [0, 0.1) is 24.0 Å². The number of nitrogens with zero attached hydrogens (tertiary/aromatic N) is 2. The van der Waals surface area contributed by atoms with Gasteiger partial charge in [-0.1, -0.05) is 29.8 Å². The average Bonchev–Trinajstić information content (AvgIpc) is 3.21. The van der Waals surface area contributed by atoms with Crippen LogP contribution < -0.4 is 10.2 Å². The summed E-state index contributed by atoms with van der Waals surface area (Å²) in [7, 11) is 0. The first-order valence-electron chi connectivity index (χ1n) is 9.58. The second kappa shape index (κ2) is 8.20. The largest absolute Gasteiger partial charge is 0.457 e. The topological polar surface area (TPSA) is 106 Å². The van der Waals surface area contributed by atoms with Gasteiger partial charge in [0.05, 0.1) is 10.6 Å². The van der Waals surface area contributed by atoms with Gasteiger partial charge in [-0.3, -0.25) is 29.9 Å². The molecule has 2 aromatic carbocycles. The molecule has 1 saturated heterocycles. The van der Waals surface area contributed by atoms with Gasteiger partial charge in [0.1, 0.15) is 17.1 Å². The first kappa shape index (κ1) is 21.1. The third kappa shape index (κ3) is 3.93. The molecule has 3 aromatic rings. The predicted molar refractivity (Wildman–Crippen MR) is 123 cm³/mol. The van der Waals surface area contributed by atoms with Crippen LogP contribution in [0.3, 0.4) is 0 Å². The van der Waals surface area contributed by atoms with Crippen LogP contribution in [-0.4, -0.2) is 21.9 Å². The Morgan fingerprint density at radius 1 is 1.09 bits per heavy atom. The van der Waals surface area contributed by atoms with Crippen molar-refractivity contribution in [1.82, 2.24) is 5.32 Å². The number of nitro groups is 1. The molecule has 1 aromatic heterocycles. The van der Waals surface area contributed by atoms with Gasteiger partial charge in [0.15, 0.2) is 5.11 Å².